The largest absolute Gasteiger partial charge is 0.378 e. The Hall–Kier alpha value is -0.110. The molecule has 1 aliphatic heterocycles. The van der Waals surface area contributed by atoms with Crippen molar-refractivity contribution in [2.75, 3.05) is 0 Å². The van der Waals surface area contributed by atoms with Crippen LogP contribution in [0.1, 0.15) is 26.2 Å². The number of unbranched alkanes of at least 4 members (excludes halogenated alkanes) is 1. The zero-order valence-electron chi connectivity index (χ0n) is 5.76. The van der Waals surface area contributed by atoms with Gasteiger partial charge in [-0.2, -0.15) is 0 Å². The maximum atomic E-state index is 3.27. The van der Waals surface area contributed by atoms with Crippen LogP contribution in [0.2, 0.25) is 0 Å². The molecule has 0 amide bonds. The average molecular weight is 143 g/mol. The van der Waals surface area contributed by atoms with Crippen molar-refractivity contribution in [2.45, 2.75) is 31.6 Å². The zero-order chi connectivity index (χ0) is 6.53. The van der Waals surface area contributed by atoms with Crippen LogP contribution >= 0.6 is 11.8 Å². The molecular formula is C7H13NS. The first kappa shape index (κ1) is 7.00. The first-order chi connectivity index (χ1) is 4.43. The maximum Gasteiger partial charge on any atom is 0.0758 e. The Morgan fingerprint density at radius 3 is 3.11 bits per heavy atom. The van der Waals surface area contributed by atoms with Crippen LogP contribution in [0.5, 0.6) is 0 Å². The molecule has 1 nitrogen and oxygen atoms in total. The Morgan fingerprint density at radius 1 is 1.67 bits per heavy atom. The van der Waals surface area contributed by atoms with Gasteiger partial charge in [0.1, 0.15) is 0 Å². The summed E-state index contributed by atoms with van der Waals surface area (Å²) in [6.45, 7) is 2.23. The second-order valence-electron chi connectivity index (χ2n) is 2.24. The molecule has 1 aliphatic rings. The van der Waals surface area contributed by atoms with Crippen LogP contribution in [0.3, 0.4) is 0 Å². The third-order valence-electron chi connectivity index (χ3n) is 1.41. The van der Waals surface area contributed by atoms with Crippen molar-refractivity contribution < 1.29 is 0 Å². The first-order valence-corrected chi connectivity index (χ1v) is 4.44. The van der Waals surface area contributed by atoms with Gasteiger partial charge in [0.05, 0.1) is 5.37 Å². The van der Waals surface area contributed by atoms with E-state index in [1.165, 1.54) is 19.3 Å². The third-order valence-corrected chi connectivity index (χ3v) is 2.41. The minimum Gasteiger partial charge on any atom is -0.378 e. The lowest BCUT2D eigenvalue weighted by atomic mass is 10.2. The van der Waals surface area contributed by atoms with Crippen molar-refractivity contribution in [1.29, 1.82) is 0 Å². The van der Waals surface area contributed by atoms with Gasteiger partial charge in [0.2, 0.25) is 0 Å². The van der Waals surface area contributed by atoms with Gasteiger partial charge in [0.25, 0.3) is 0 Å². The lowest BCUT2D eigenvalue weighted by molar-refractivity contribution is 0.654. The molecule has 0 fully saturated rings. The molecule has 1 rings (SSSR count). The van der Waals surface area contributed by atoms with Crippen molar-refractivity contribution in [1.82, 2.24) is 5.32 Å². The van der Waals surface area contributed by atoms with Gasteiger partial charge in [0, 0.05) is 6.20 Å². The summed E-state index contributed by atoms with van der Waals surface area (Å²) in [6.07, 6.45) is 5.98. The lowest BCUT2D eigenvalue weighted by Gasteiger charge is -2.07. The highest BCUT2D eigenvalue weighted by Crippen LogP contribution is 2.19. The third kappa shape index (κ3) is 2.31. The van der Waals surface area contributed by atoms with E-state index < -0.39 is 0 Å². The highest BCUT2D eigenvalue weighted by molar-refractivity contribution is 8.02. The van der Waals surface area contributed by atoms with Gasteiger partial charge >= 0.3 is 0 Å². The molecule has 0 aromatic heterocycles. The molecule has 0 spiro atoms. The van der Waals surface area contributed by atoms with Crippen LogP contribution < -0.4 is 5.32 Å². The van der Waals surface area contributed by atoms with Crippen LogP contribution in [0, 0.1) is 0 Å². The Kier molecular flexibility index (Phi) is 2.98. The molecule has 52 valence electrons. The first-order valence-electron chi connectivity index (χ1n) is 3.50. The fourth-order valence-corrected chi connectivity index (χ4v) is 1.67. The fraction of sp³-hybridized carbons (Fsp3) is 0.714. The molecule has 1 heterocycles. The predicted octanol–water partition coefficient (Wildman–Crippen LogP) is 2.31. The van der Waals surface area contributed by atoms with Crippen LogP contribution in [0.25, 0.3) is 0 Å². The molecule has 0 radical (unpaired) electrons. The van der Waals surface area contributed by atoms with Crippen LogP contribution in [-0.4, -0.2) is 5.37 Å². The van der Waals surface area contributed by atoms with E-state index in [2.05, 4.69) is 17.6 Å². The summed E-state index contributed by atoms with van der Waals surface area (Å²) in [4.78, 5) is 0. The van der Waals surface area contributed by atoms with Crippen molar-refractivity contribution in [2.24, 2.45) is 0 Å². The summed E-state index contributed by atoms with van der Waals surface area (Å²) in [6, 6.07) is 0. The van der Waals surface area contributed by atoms with E-state index in [0.717, 1.165) is 0 Å². The summed E-state index contributed by atoms with van der Waals surface area (Å²) >= 11 is 1.89. The van der Waals surface area contributed by atoms with E-state index in [0.29, 0.717) is 5.37 Å². The van der Waals surface area contributed by atoms with E-state index >= 15 is 0 Å². The van der Waals surface area contributed by atoms with Crippen LogP contribution in [0.15, 0.2) is 11.6 Å². The molecule has 1 unspecified atom stereocenters. The molecule has 1 atom stereocenters. The van der Waals surface area contributed by atoms with E-state index in [4.69, 9.17) is 0 Å². The highest BCUT2D eigenvalue weighted by atomic mass is 32.2. The van der Waals surface area contributed by atoms with Crippen LogP contribution in [0.4, 0.5) is 0 Å². The summed E-state index contributed by atoms with van der Waals surface area (Å²) in [7, 11) is 0. The van der Waals surface area contributed by atoms with E-state index in [1.54, 1.807) is 0 Å². The summed E-state index contributed by atoms with van der Waals surface area (Å²) < 4.78 is 0. The lowest BCUT2D eigenvalue weighted by Crippen LogP contribution is -2.14. The maximum absolute atomic E-state index is 3.27. The minimum absolute atomic E-state index is 0.671. The van der Waals surface area contributed by atoms with Gasteiger partial charge in [-0.15, -0.1) is 11.8 Å². The van der Waals surface area contributed by atoms with Crippen molar-refractivity contribution in [3.63, 3.8) is 0 Å². The molecule has 0 aliphatic carbocycles. The van der Waals surface area contributed by atoms with Crippen molar-refractivity contribution in [3.05, 3.63) is 11.6 Å². The second-order valence-corrected chi connectivity index (χ2v) is 3.35. The molecule has 0 bridgehead atoms. The Morgan fingerprint density at radius 2 is 2.56 bits per heavy atom. The normalized spacial score (nSPS) is 24.3. The van der Waals surface area contributed by atoms with Gasteiger partial charge < -0.3 is 5.32 Å². The molecule has 1 N–H and O–H groups in total. The molecule has 0 saturated carbocycles. The number of thioether (sulfide) groups is 1. The minimum atomic E-state index is 0.671. The van der Waals surface area contributed by atoms with Gasteiger partial charge in [-0.1, -0.05) is 19.8 Å². The second kappa shape index (κ2) is 3.83. The number of hydrogen-bond donors (Lipinski definition) is 1. The quantitative estimate of drug-likeness (QED) is 0.650. The van der Waals surface area contributed by atoms with Gasteiger partial charge in [-0.25, -0.2) is 0 Å². The molecule has 0 aromatic carbocycles. The summed E-state index contributed by atoms with van der Waals surface area (Å²) in [5.74, 6) is 0. The zero-order valence-corrected chi connectivity index (χ0v) is 6.58. The molecule has 0 saturated heterocycles. The smallest absolute Gasteiger partial charge is 0.0758 e. The van der Waals surface area contributed by atoms with E-state index in [9.17, 15) is 0 Å². The Labute approximate surface area is 60.9 Å². The topological polar surface area (TPSA) is 12.0 Å². The standard InChI is InChI=1S/C7H13NS/c1-2-3-4-7-8-5-6-9-7/h5-8H,2-4H2,1H3. The summed E-state index contributed by atoms with van der Waals surface area (Å²) in [5.41, 5.74) is 0. The molecular weight excluding hydrogens is 130 g/mol. The van der Waals surface area contributed by atoms with E-state index in [1.807, 2.05) is 18.0 Å². The number of rotatable bonds is 3. The molecule has 9 heavy (non-hydrogen) atoms. The average Bonchev–Trinajstić information content (AvgIpc) is 2.34. The summed E-state index contributed by atoms with van der Waals surface area (Å²) in [5, 5.41) is 6.07. The molecule has 0 aromatic rings. The van der Waals surface area contributed by atoms with Gasteiger partial charge in [-0.05, 0) is 11.8 Å². The Balaban J connectivity index is 2.01. The fourth-order valence-electron chi connectivity index (χ4n) is 0.861. The van der Waals surface area contributed by atoms with Crippen molar-refractivity contribution >= 4 is 11.8 Å². The number of hydrogen-bond acceptors (Lipinski definition) is 2. The van der Waals surface area contributed by atoms with Crippen molar-refractivity contribution in [3.8, 4) is 0 Å². The number of nitrogens with one attached hydrogen (secondary N) is 1. The van der Waals surface area contributed by atoms with Gasteiger partial charge in [-0.3, -0.25) is 0 Å². The molecule has 2 heteroatoms. The Bertz CT molecular complexity index is 93.1. The predicted molar refractivity (Wildman–Crippen MR) is 43.2 cm³/mol. The van der Waals surface area contributed by atoms with Gasteiger partial charge in [0.15, 0.2) is 0 Å². The van der Waals surface area contributed by atoms with E-state index in [-0.39, 0.29) is 0 Å². The monoisotopic (exact) mass is 143 g/mol. The SMILES string of the molecule is CCCCC1NC=CS1. The van der Waals surface area contributed by atoms with Crippen LogP contribution in [-0.2, 0) is 0 Å². The highest BCUT2D eigenvalue weighted by Gasteiger charge is 2.07.